The van der Waals surface area contributed by atoms with Crippen molar-refractivity contribution in [3.8, 4) is 16.2 Å². The molecule has 2 aromatic rings. The first-order valence-electron chi connectivity index (χ1n) is 8.90. The first kappa shape index (κ1) is 18.3. The molecule has 2 aliphatic rings. The number of carbonyl (C=O) groups is 1. The van der Waals surface area contributed by atoms with Crippen LogP contribution in [0.2, 0.25) is 0 Å². The number of hydrogen-bond donors (Lipinski definition) is 1. The van der Waals surface area contributed by atoms with Gasteiger partial charge >= 0.3 is 6.36 Å². The summed E-state index contributed by atoms with van der Waals surface area (Å²) in [5, 5.41) is 3.38. The van der Waals surface area contributed by atoms with Gasteiger partial charge in [0.15, 0.2) is 0 Å². The average molecular weight is 396 g/mol. The van der Waals surface area contributed by atoms with Gasteiger partial charge in [-0.25, -0.2) is 0 Å². The highest BCUT2D eigenvalue weighted by molar-refractivity contribution is 7.17. The van der Waals surface area contributed by atoms with E-state index in [1.54, 1.807) is 18.2 Å². The molecule has 2 atom stereocenters. The lowest BCUT2D eigenvalue weighted by molar-refractivity contribution is -0.274. The number of halogens is 3. The first-order chi connectivity index (χ1) is 12.9. The van der Waals surface area contributed by atoms with Gasteiger partial charge < -0.3 is 15.0 Å². The molecule has 3 heterocycles. The lowest BCUT2D eigenvalue weighted by Gasteiger charge is -2.27. The zero-order valence-electron chi connectivity index (χ0n) is 14.5. The zero-order valence-corrected chi connectivity index (χ0v) is 15.3. The minimum atomic E-state index is -4.70. The van der Waals surface area contributed by atoms with E-state index >= 15 is 0 Å². The van der Waals surface area contributed by atoms with Crippen LogP contribution in [0.4, 0.5) is 13.2 Å². The lowest BCUT2D eigenvalue weighted by atomic mass is 10.1. The second kappa shape index (κ2) is 7.16. The summed E-state index contributed by atoms with van der Waals surface area (Å²) >= 11 is 1.37. The van der Waals surface area contributed by atoms with Gasteiger partial charge in [0.2, 0.25) is 0 Å². The van der Waals surface area contributed by atoms with Crippen LogP contribution < -0.4 is 10.1 Å². The zero-order chi connectivity index (χ0) is 19.0. The molecule has 4 rings (SSSR count). The third-order valence-electron chi connectivity index (χ3n) is 5.08. The molecule has 27 heavy (non-hydrogen) atoms. The number of benzene rings is 1. The molecule has 4 nitrogen and oxygen atoms in total. The van der Waals surface area contributed by atoms with Crippen molar-refractivity contribution in [1.29, 1.82) is 0 Å². The molecule has 1 N–H and O–H groups in total. The van der Waals surface area contributed by atoms with Crippen LogP contribution in [-0.4, -0.2) is 42.3 Å². The number of hydrogen-bond acceptors (Lipinski definition) is 4. The molecule has 0 spiro atoms. The van der Waals surface area contributed by atoms with Gasteiger partial charge in [0.1, 0.15) is 5.75 Å². The van der Waals surface area contributed by atoms with Crippen molar-refractivity contribution < 1.29 is 22.7 Å². The molecule has 2 unspecified atom stereocenters. The van der Waals surface area contributed by atoms with E-state index in [0.29, 0.717) is 10.9 Å². The highest BCUT2D eigenvalue weighted by atomic mass is 32.1. The molecule has 2 aliphatic heterocycles. The van der Waals surface area contributed by atoms with Crippen molar-refractivity contribution in [2.45, 2.75) is 37.7 Å². The number of fused-ring (bicyclic) bond motifs is 2. The summed E-state index contributed by atoms with van der Waals surface area (Å²) in [5.74, 6) is -0.202. The van der Waals surface area contributed by atoms with Gasteiger partial charge in [0.25, 0.3) is 5.91 Å². The number of thiophene rings is 1. The molecule has 1 aromatic carbocycles. The largest absolute Gasteiger partial charge is 0.573 e. The maximum absolute atomic E-state index is 13.0. The van der Waals surface area contributed by atoms with Gasteiger partial charge in [-0.15, -0.1) is 24.5 Å². The SMILES string of the molecule is O=C(c1ccc(-c2ccc(OC(F)(F)F)cc2)s1)N1C2CCNCC1CC2. The molecule has 1 amide bonds. The highest BCUT2D eigenvalue weighted by Gasteiger charge is 2.38. The fraction of sp³-hybridized carbons (Fsp3) is 0.421. The fourth-order valence-corrected chi connectivity index (χ4v) is 4.83. The average Bonchev–Trinajstić information content (AvgIpc) is 3.17. The predicted octanol–water partition coefficient (Wildman–Crippen LogP) is 4.28. The summed E-state index contributed by atoms with van der Waals surface area (Å²) in [7, 11) is 0. The molecule has 1 aromatic heterocycles. The minimum absolute atomic E-state index is 0.0551. The van der Waals surface area contributed by atoms with Crippen molar-refractivity contribution in [1.82, 2.24) is 10.2 Å². The van der Waals surface area contributed by atoms with E-state index in [1.807, 2.05) is 11.0 Å². The van der Waals surface area contributed by atoms with Gasteiger partial charge in [-0.3, -0.25) is 4.79 Å². The topological polar surface area (TPSA) is 41.6 Å². The minimum Gasteiger partial charge on any atom is -0.406 e. The summed E-state index contributed by atoms with van der Waals surface area (Å²) in [4.78, 5) is 16.6. The standard InChI is InChI=1S/C19H19F3N2O2S/c20-19(21,22)26-15-5-1-12(2-6-15)16-7-8-17(27-16)18(25)24-13-3-4-14(24)11-23-10-9-13/h1-2,5-8,13-14,23H,3-4,9-11H2. The number of amides is 1. The Bertz CT molecular complexity index is 805. The third kappa shape index (κ3) is 3.96. The molecular weight excluding hydrogens is 377 g/mol. The quantitative estimate of drug-likeness (QED) is 0.842. The Morgan fingerprint density at radius 3 is 2.56 bits per heavy atom. The second-order valence-electron chi connectivity index (χ2n) is 6.83. The lowest BCUT2D eigenvalue weighted by Crippen LogP contribution is -2.42. The smallest absolute Gasteiger partial charge is 0.406 e. The van der Waals surface area contributed by atoms with Crippen molar-refractivity contribution in [2.24, 2.45) is 0 Å². The molecule has 8 heteroatoms. The summed E-state index contributed by atoms with van der Waals surface area (Å²) < 4.78 is 40.7. The summed E-state index contributed by atoms with van der Waals surface area (Å²) in [5.41, 5.74) is 0.758. The highest BCUT2D eigenvalue weighted by Crippen LogP contribution is 2.34. The Labute approximate surface area is 158 Å². The van der Waals surface area contributed by atoms with Crippen LogP contribution in [0.1, 0.15) is 28.9 Å². The van der Waals surface area contributed by atoms with E-state index in [4.69, 9.17) is 0 Å². The maximum atomic E-state index is 13.0. The van der Waals surface area contributed by atoms with E-state index in [9.17, 15) is 18.0 Å². The van der Waals surface area contributed by atoms with Crippen LogP contribution in [0.25, 0.3) is 10.4 Å². The van der Waals surface area contributed by atoms with E-state index < -0.39 is 6.36 Å². The number of alkyl halides is 3. The molecule has 0 saturated carbocycles. The Hall–Kier alpha value is -2.06. The van der Waals surface area contributed by atoms with Crippen molar-refractivity contribution in [2.75, 3.05) is 13.1 Å². The molecular formula is C19H19F3N2O2S. The van der Waals surface area contributed by atoms with Gasteiger partial charge in [0, 0.05) is 23.5 Å². The molecule has 2 fully saturated rings. The number of nitrogens with zero attached hydrogens (tertiary/aromatic N) is 1. The molecule has 2 bridgehead atoms. The Balaban J connectivity index is 1.51. The summed E-state index contributed by atoms with van der Waals surface area (Å²) in [6.07, 6.45) is -1.65. The molecule has 144 valence electrons. The summed E-state index contributed by atoms with van der Waals surface area (Å²) in [6.45, 7) is 1.77. The molecule has 0 aliphatic carbocycles. The fourth-order valence-electron chi connectivity index (χ4n) is 3.87. The van der Waals surface area contributed by atoms with Crippen LogP contribution in [0, 0.1) is 0 Å². The number of rotatable bonds is 3. The van der Waals surface area contributed by atoms with Crippen LogP contribution in [0.5, 0.6) is 5.75 Å². The van der Waals surface area contributed by atoms with E-state index in [1.165, 1.54) is 23.5 Å². The summed E-state index contributed by atoms with van der Waals surface area (Å²) in [6, 6.07) is 9.89. The maximum Gasteiger partial charge on any atom is 0.573 e. The van der Waals surface area contributed by atoms with Crippen LogP contribution >= 0.6 is 11.3 Å². The van der Waals surface area contributed by atoms with Gasteiger partial charge in [-0.1, -0.05) is 0 Å². The van der Waals surface area contributed by atoms with E-state index in [-0.39, 0.29) is 17.7 Å². The Morgan fingerprint density at radius 1 is 1.07 bits per heavy atom. The van der Waals surface area contributed by atoms with Crippen LogP contribution in [0.3, 0.4) is 0 Å². The number of nitrogens with one attached hydrogen (secondary N) is 1. The normalized spacial score (nSPS) is 22.6. The molecule has 0 radical (unpaired) electrons. The number of ether oxygens (including phenoxy) is 1. The van der Waals surface area contributed by atoms with Crippen molar-refractivity contribution >= 4 is 17.2 Å². The van der Waals surface area contributed by atoms with Crippen LogP contribution in [-0.2, 0) is 0 Å². The first-order valence-corrected chi connectivity index (χ1v) is 9.72. The van der Waals surface area contributed by atoms with Gasteiger partial charge in [0.05, 0.1) is 4.88 Å². The van der Waals surface area contributed by atoms with Gasteiger partial charge in [-0.2, -0.15) is 0 Å². The van der Waals surface area contributed by atoms with Crippen LogP contribution in [0.15, 0.2) is 36.4 Å². The number of carbonyl (C=O) groups excluding carboxylic acids is 1. The van der Waals surface area contributed by atoms with E-state index in [0.717, 1.165) is 42.8 Å². The monoisotopic (exact) mass is 396 g/mol. The van der Waals surface area contributed by atoms with Crippen molar-refractivity contribution in [3.63, 3.8) is 0 Å². The van der Waals surface area contributed by atoms with E-state index in [2.05, 4.69) is 10.1 Å². The van der Waals surface area contributed by atoms with Gasteiger partial charge in [-0.05, 0) is 67.8 Å². The predicted molar refractivity (Wildman–Crippen MR) is 96.9 cm³/mol. The Kier molecular flexibility index (Phi) is 4.86. The third-order valence-corrected chi connectivity index (χ3v) is 6.20. The Morgan fingerprint density at radius 2 is 1.81 bits per heavy atom. The second-order valence-corrected chi connectivity index (χ2v) is 7.91. The van der Waals surface area contributed by atoms with Crippen molar-refractivity contribution in [3.05, 3.63) is 41.3 Å². The molecule has 2 saturated heterocycles.